The van der Waals surface area contributed by atoms with Gasteiger partial charge >= 0.3 is 0 Å². The molecule has 0 aromatic carbocycles. The largest absolute Gasteiger partial charge is 0.591 e. The van der Waals surface area contributed by atoms with Gasteiger partial charge in [0.15, 0.2) is 0 Å². The summed E-state index contributed by atoms with van der Waals surface area (Å²) in [5, 5.41) is 0. The van der Waals surface area contributed by atoms with Crippen LogP contribution in [0.4, 0.5) is 0 Å². The first-order chi connectivity index (χ1) is 6.91. The van der Waals surface area contributed by atoms with E-state index >= 15 is 0 Å². The normalized spacial score (nSPS) is 22.9. The van der Waals surface area contributed by atoms with Gasteiger partial charge in [-0.15, -0.1) is 0 Å². The van der Waals surface area contributed by atoms with Gasteiger partial charge in [0, 0.05) is 19.1 Å². The van der Waals surface area contributed by atoms with Crippen LogP contribution in [0.5, 0.6) is 0 Å². The Bertz CT molecular complexity index is 229. The molecule has 1 saturated heterocycles. The Morgan fingerprint density at radius 2 is 1.87 bits per heavy atom. The molecule has 0 aliphatic carbocycles. The highest BCUT2D eigenvalue weighted by molar-refractivity contribution is 7.91. The van der Waals surface area contributed by atoms with E-state index in [1.165, 1.54) is 0 Å². The molecule has 1 fully saturated rings. The molecule has 0 saturated carbocycles. The highest BCUT2D eigenvalue weighted by atomic mass is 32.2. The minimum atomic E-state index is -1.12. The SMILES string of the molecule is C/C(=N/[S+]([O-])C(C)(C)C)C1CCOCC1. The van der Waals surface area contributed by atoms with E-state index in [2.05, 4.69) is 4.40 Å². The van der Waals surface area contributed by atoms with Crippen LogP contribution in [0.25, 0.3) is 0 Å². The Balaban J connectivity index is 2.57. The minimum absolute atomic E-state index is 0.258. The van der Waals surface area contributed by atoms with Crippen molar-refractivity contribution in [2.45, 2.75) is 45.3 Å². The van der Waals surface area contributed by atoms with E-state index in [0.29, 0.717) is 5.92 Å². The summed E-state index contributed by atoms with van der Waals surface area (Å²) in [6.45, 7) is 9.44. The topological polar surface area (TPSA) is 44.7 Å². The van der Waals surface area contributed by atoms with Crippen molar-refractivity contribution in [3.05, 3.63) is 0 Å². The number of hydrogen-bond acceptors (Lipinski definition) is 3. The second-order valence-electron chi connectivity index (χ2n) is 4.98. The van der Waals surface area contributed by atoms with Crippen LogP contribution in [0.15, 0.2) is 4.40 Å². The Labute approximate surface area is 95.6 Å². The van der Waals surface area contributed by atoms with Crippen LogP contribution in [0, 0.1) is 5.92 Å². The third kappa shape index (κ3) is 4.13. The van der Waals surface area contributed by atoms with Crippen LogP contribution in [-0.4, -0.2) is 28.2 Å². The van der Waals surface area contributed by atoms with Gasteiger partial charge in [-0.25, -0.2) is 0 Å². The molecule has 15 heavy (non-hydrogen) atoms. The molecule has 0 aromatic rings. The fourth-order valence-corrected chi connectivity index (χ4v) is 2.14. The van der Waals surface area contributed by atoms with Gasteiger partial charge in [-0.3, -0.25) is 0 Å². The average molecular weight is 231 g/mol. The van der Waals surface area contributed by atoms with Crippen LogP contribution in [-0.2, 0) is 16.1 Å². The van der Waals surface area contributed by atoms with E-state index in [1.807, 2.05) is 27.7 Å². The maximum absolute atomic E-state index is 11.8. The predicted molar refractivity (Wildman–Crippen MR) is 64.5 cm³/mol. The van der Waals surface area contributed by atoms with Gasteiger partial charge in [-0.2, -0.15) is 0 Å². The van der Waals surface area contributed by atoms with Gasteiger partial charge in [0.1, 0.15) is 16.1 Å². The lowest BCUT2D eigenvalue weighted by Crippen LogP contribution is -2.29. The predicted octanol–water partition coefficient (Wildman–Crippen LogP) is 2.34. The molecule has 0 radical (unpaired) electrons. The van der Waals surface area contributed by atoms with E-state index in [0.717, 1.165) is 31.8 Å². The van der Waals surface area contributed by atoms with Gasteiger partial charge in [-0.05, 0) is 40.5 Å². The summed E-state index contributed by atoms with van der Waals surface area (Å²) < 4.78 is 21.1. The highest BCUT2D eigenvalue weighted by Crippen LogP contribution is 2.21. The van der Waals surface area contributed by atoms with Gasteiger partial charge in [0.25, 0.3) is 0 Å². The zero-order valence-electron chi connectivity index (χ0n) is 10.1. The lowest BCUT2D eigenvalue weighted by atomic mass is 9.96. The molecule has 0 spiro atoms. The first kappa shape index (κ1) is 13.0. The first-order valence-electron chi connectivity index (χ1n) is 5.46. The van der Waals surface area contributed by atoms with Gasteiger partial charge in [-0.1, -0.05) is 4.40 Å². The van der Waals surface area contributed by atoms with Crippen molar-refractivity contribution >= 4 is 17.1 Å². The molecule has 88 valence electrons. The standard InChI is InChI=1S/C11H21NO2S/c1-9(10-5-7-14-8-6-10)12-15(13)11(2,3)4/h10H,5-8H2,1-4H3/b12-9-. The Morgan fingerprint density at radius 1 is 1.33 bits per heavy atom. The lowest BCUT2D eigenvalue weighted by molar-refractivity contribution is 0.0827. The molecular weight excluding hydrogens is 210 g/mol. The Morgan fingerprint density at radius 3 is 2.33 bits per heavy atom. The monoisotopic (exact) mass is 231 g/mol. The van der Waals surface area contributed by atoms with Crippen molar-refractivity contribution in [3.63, 3.8) is 0 Å². The van der Waals surface area contributed by atoms with Crippen molar-refractivity contribution in [3.8, 4) is 0 Å². The molecule has 1 heterocycles. The molecule has 0 amide bonds. The summed E-state index contributed by atoms with van der Waals surface area (Å²) in [6, 6.07) is 0. The zero-order chi connectivity index (χ0) is 11.5. The van der Waals surface area contributed by atoms with Gasteiger partial charge < -0.3 is 9.29 Å². The van der Waals surface area contributed by atoms with E-state index < -0.39 is 11.4 Å². The quantitative estimate of drug-likeness (QED) is 0.541. The molecule has 1 aliphatic heterocycles. The molecule has 1 rings (SSSR count). The van der Waals surface area contributed by atoms with Crippen molar-refractivity contribution in [1.29, 1.82) is 0 Å². The Kier molecular flexibility index (Phi) is 4.62. The molecule has 4 heteroatoms. The maximum atomic E-state index is 11.8. The molecule has 1 unspecified atom stereocenters. The molecule has 0 bridgehead atoms. The number of ether oxygens (including phenoxy) is 1. The summed E-state index contributed by atoms with van der Waals surface area (Å²) in [4.78, 5) is 0. The Hall–Kier alpha value is -0.0600. The second-order valence-corrected chi connectivity index (χ2v) is 6.89. The molecule has 1 atom stereocenters. The van der Waals surface area contributed by atoms with E-state index in [9.17, 15) is 4.55 Å². The summed E-state index contributed by atoms with van der Waals surface area (Å²) >= 11 is -1.12. The van der Waals surface area contributed by atoms with Gasteiger partial charge in [0.05, 0.1) is 5.71 Å². The summed E-state index contributed by atoms with van der Waals surface area (Å²) in [5.74, 6) is 0.463. The summed E-state index contributed by atoms with van der Waals surface area (Å²) in [7, 11) is 0. The summed E-state index contributed by atoms with van der Waals surface area (Å²) in [5.41, 5.74) is 1.02. The average Bonchev–Trinajstić information content (AvgIpc) is 2.17. The van der Waals surface area contributed by atoms with E-state index in [4.69, 9.17) is 4.74 Å². The summed E-state index contributed by atoms with van der Waals surface area (Å²) in [6.07, 6.45) is 2.02. The van der Waals surface area contributed by atoms with Crippen LogP contribution in [0.1, 0.15) is 40.5 Å². The number of rotatable bonds is 2. The molecule has 0 N–H and O–H groups in total. The van der Waals surface area contributed by atoms with Gasteiger partial charge in [0.2, 0.25) is 0 Å². The molecule has 3 nitrogen and oxygen atoms in total. The third-order valence-electron chi connectivity index (χ3n) is 2.56. The fourth-order valence-electron chi connectivity index (χ4n) is 1.46. The smallest absolute Gasteiger partial charge is 0.144 e. The first-order valence-corrected chi connectivity index (χ1v) is 6.57. The lowest BCUT2D eigenvalue weighted by Gasteiger charge is -2.23. The molecular formula is C11H21NO2S. The number of hydrogen-bond donors (Lipinski definition) is 0. The van der Waals surface area contributed by atoms with Crippen molar-refractivity contribution in [1.82, 2.24) is 0 Å². The number of nitrogens with zero attached hydrogens (tertiary/aromatic N) is 1. The highest BCUT2D eigenvalue weighted by Gasteiger charge is 2.28. The third-order valence-corrected chi connectivity index (χ3v) is 4.06. The van der Waals surface area contributed by atoms with Crippen LogP contribution in [0.2, 0.25) is 0 Å². The van der Waals surface area contributed by atoms with E-state index in [-0.39, 0.29) is 4.75 Å². The maximum Gasteiger partial charge on any atom is 0.144 e. The zero-order valence-corrected chi connectivity index (χ0v) is 10.9. The molecule has 1 aliphatic rings. The molecule has 0 aromatic heterocycles. The van der Waals surface area contributed by atoms with Crippen molar-refractivity contribution < 1.29 is 9.29 Å². The van der Waals surface area contributed by atoms with Crippen LogP contribution in [0.3, 0.4) is 0 Å². The van der Waals surface area contributed by atoms with Crippen molar-refractivity contribution in [2.24, 2.45) is 10.3 Å². The second kappa shape index (κ2) is 5.32. The minimum Gasteiger partial charge on any atom is -0.591 e. The van der Waals surface area contributed by atoms with E-state index in [1.54, 1.807) is 0 Å². The fraction of sp³-hybridized carbons (Fsp3) is 0.909. The van der Waals surface area contributed by atoms with Crippen molar-refractivity contribution in [2.75, 3.05) is 13.2 Å². The van der Waals surface area contributed by atoms with Crippen LogP contribution < -0.4 is 0 Å². The van der Waals surface area contributed by atoms with Crippen LogP contribution >= 0.6 is 0 Å².